The molecule has 104 valence electrons. The van der Waals surface area contributed by atoms with Crippen LogP contribution in [0.3, 0.4) is 0 Å². The fraction of sp³-hybridized carbons (Fsp3) is 0.533. The standard InChI is InChI=1S/C15H22N2O2/c1-19-14(13-5-3-2-4-6-13)15(18)17-10-8-12(11-17)7-9-16/h2-6,12,14H,7-11,16H2,1H3. The van der Waals surface area contributed by atoms with E-state index in [2.05, 4.69) is 0 Å². The van der Waals surface area contributed by atoms with E-state index in [-0.39, 0.29) is 5.91 Å². The van der Waals surface area contributed by atoms with E-state index in [1.54, 1.807) is 7.11 Å². The second-order valence-electron chi connectivity index (χ2n) is 5.04. The lowest BCUT2D eigenvalue weighted by Crippen LogP contribution is -2.34. The summed E-state index contributed by atoms with van der Waals surface area (Å²) in [5, 5.41) is 0. The Morgan fingerprint density at radius 2 is 2.21 bits per heavy atom. The molecule has 1 aliphatic rings. The van der Waals surface area contributed by atoms with Crippen molar-refractivity contribution in [3.63, 3.8) is 0 Å². The van der Waals surface area contributed by atoms with Crippen LogP contribution in [0.2, 0.25) is 0 Å². The maximum atomic E-state index is 12.5. The van der Waals surface area contributed by atoms with Crippen LogP contribution in [-0.2, 0) is 9.53 Å². The minimum atomic E-state index is -0.488. The molecule has 1 saturated heterocycles. The third kappa shape index (κ3) is 3.33. The summed E-state index contributed by atoms with van der Waals surface area (Å²) in [7, 11) is 1.59. The highest BCUT2D eigenvalue weighted by Crippen LogP contribution is 2.25. The highest BCUT2D eigenvalue weighted by atomic mass is 16.5. The Morgan fingerprint density at radius 3 is 2.84 bits per heavy atom. The average molecular weight is 262 g/mol. The largest absolute Gasteiger partial charge is 0.367 e. The summed E-state index contributed by atoms with van der Waals surface area (Å²) < 4.78 is 5.39. The summed E-state index contributed by atoms with van der Waals surface area (Å²) >= 11 is 0. The number of carbonyl (C=O) groups is 1. The van der Waals surface area contributed by atoms with Gasteiger partial charge in [-0.15, -0.1) is 0 Å². The number of hydrogen-bond acceptors (Lipinski definition) is 3. The zero-order valence-electron chi connectivity index (χ0n) is 11.4. The number of benzene rings is 1. The van der Waals surface area contributed by atoms with E-state index in [1.807, 2.05) is 35.2 Å². The van der Waals surface area contributed by atoms with Crippen molar-refractivity contribution in [2.24, 2.45) is 11.7 Å². The number of rotatable bonds is 5. The van der Waals surface area contributed by atoms with Crippen LogP contribution in [0.1, 0.15) is 24.5 Å². The average Bonchev–Trinajstić information content (AvgIpc) is 2.90. The maximum Gasteiger partial charge on any atom is 0.256 e. The first-order valence-electron chi connectivity index (χ1n) is 6.83. The monoisotopic (exact) mass is 262 g/mol. The molecule has 4 heteroatoms. The third-order valence-corrected chi connectivity index (χ3v) is 3.73. The first kappa shape index (κ1) is 14.0. The van der Waals surface area contributed by atoms with Crippen LogP contribution >= 0.6 is 0 Å². The molecule has 0 spiro atoms. The van der Waals surface area contributed by atoms with Crippen LogP contribution in [-0.4, -0.2) is 37.6 Å². The van der Waals surface area contributed by atoms with Gasteiger partial charge in [0, 0.05) is 20.2 Å². The van der Waals surface area contributed by atoms with E-state index in [0.29, 0.717) is 12.5 Å². The van der Waals surface area contributed by atoms with Crippen LogP contribution in [0.15, 0.2) is 30.3 Å². The molecule has 1 aromatic carbocycles. The number of carbonyl (C=O) groups excluding carboxylic acids is 1. The van der Waals surface area contributed by atoms with E-state index in [1.165, 1.54) is 0 Å². The number of likely N-dealkylation sites (tertiary alicyclic amines) is 1. The van der Waals surface area contributed by atoms with Gasteiger partial charge in [-0.1, -0.05) is 30.3 Å². The van der Waals surface area contributed by atoms with Crippen molar-refractivity contribution in [2.45, 2.75) is 18.9 Å². The van der Waals surface area contributed by atoms with E-state index in [0.717, 1.165) is 31.5 Å². The Morgan fingerprint density at radius 1 is 1.47 bits per heavy atom. The molecule has 1 aromatic rings. The minimum Gasteiger partial charge on any atom is -0.367 e. The number of nitrogens with two attached hydrogens (primary N) is 1. The molecule has 4 nitrogen and oxygen atoms in total. The lowest BCUT2D eigenvalue weighted by atomic mass is 10.1. The Balaban J connectivity index is 2.02. The summed E-state index contributed by atoms with van der Waals surface area (Å²) in [5.41, 5.74) is 6.49. The van der Waals surface area contributed by atoms with Gasteiger partial charge in [-0.05, 0) is 30.9 Å². The van der Waals surface area contributed by atoms with Gasteiger partial charge in [0.15, 0.2) is 6.10 Å². The second kappa shape index (κ2) is 6.68. The third-order valence-electron chi connectivity index (χ3n) is 3.73. The molecule has 1 amide bonds. The highest BCUT2D eigenvalue weighted by molar-refractivity contribution is 5.82. The molecular formula is C15H22N2O2. The Kier molecular flexibility index (Phi) is 4.93. The first-order chi connectivity index (χ1) is 9.26. The number of amides is 1. The predicted octanol–water partition coefficient (Wildman–Crippen LogP) is 1.57. The normalized spacial score (nSPS) is 20.5. The number of hydrogen-bond donors (Lipinski definition) is 1. The molecular weight excluding hydrogens is 240 g/mol. The lowest BCUT2D eigenvalue weighted by Gasteiger charge is -2.23. The Labute approximate surface area is 114 Å². The van der Waals surface area contributed by atoms with Crippen molar-refractivity contribution < 1.29 is 9.53 Å². The number of nitrogens with zero attached hydrogens (tertiary/aromatic N) is 1. The molecule has 2 atom stereocenters. The Bertz CT molecular complexity index is 408. The minimum absolute atomic E-state index is 0.0632. The van der Waals surface area contributed by atoms with E-state index in [4.69, 9.17) is 10.5 Å². The molecule has 2 rings (SSSR count). The van der Waals surface area contributed by atoms with Gasteiger partial charge in [0.25, 0.3) is 5.91 Å². The Hall–Kier alpha value is -1.39. The molecule has 0 saturated carbocycles. The summed E-state index contributed by atoms with van der Waals surface area (Å²) in [4.78, 5) is 14.4. The van der Waals surface area contributed by atoms with Crippen molar-refractivity contribution in [1.82, 2.24) is 4.90 Å². The molecule has 1 aliphatic heterocycles. The smallest absolute Gasteiger partial charge is 0.256 e. The van der Waals surface area contributed by atoms with Crippen LogP contribution < -0.4 is 5.73 Å². The van der Waals surface area contributed by atoms with Crippen molar-refractivity contribution in [2.75, 3.05) is 26.7 Å². The SMILES string of the molecule is COC(C(=O)N1CCC(CCN)C1)c1ccccc1. The molecule has 0 aliphatic carbocycles. The molecule has 1 heterocycles. The molecule has 1 fully saturated rings. The molecule has 2 unspecified atom stereocenters. The van der Waals surface area contributed by atoms with Gasteiger partial charge < -0.3 is 15.4 Å². The molecule has 0 aromatic heterocycles. The zero-order valence-corrected chi connectivity index (χ0v) is 11.4. The molecule has 0 bridgehead atoms. The fourth-order valence-corrected chi connectivity index (χ4v) is 2.68. The summed E-state index contributed by atoms with van der Waals surface area (Å²) in [6.07, 6.45) is 1.55. The fourth-order valence-electron chi connectivity index (χ4n) is 2.68. The van der Waals surface area contributed by atoms with Gasteiger partial charge in [-0.2, -0.15) is 0 Å². The van der Waals surface area contributed by atoms with Crippen molar-refractivity contribution in [1.29, 1.82) is 0 Å². The summed E-state index contributed by atoms with van der Waals surface area (Å²) in [5.74, 6) is 0.607. The van der Waals surface area contributed by atoms with Gasteiger partial charge in [0.1, 0.15) is 0 Å². The van der Waals surface area contributed by atoms with E-state index in [9.17, 15) is 4.79 Å². The lowest BCUT2D eigenvalue weighted by molar-refractivity contribution is -0.141. The molecule has 0 radical (unpaired) electrons. The van der Waals surface area contributed by atoms with Gasteiger partial charge in [0.05, 0.1) is 0 Å². The van der Waals surface area contributed by atoms with Crippen LogP contribution in [0.25, 0.3) is 0 Å². The summed E-state index contributed by atoms with van der Waals surface area (Å²) in [6.45, 7) is 2.32. The van der Waals surface area contributed by atoms with Gasteiger partial charge >= 0.3 is 0 Å². The van der Waals surface area contributed by atoms with Crippen LogP contribution in [0.5, 0.6) is 0 Å². The molecule has 2 N–H and O–H groups in total. The topological polar surface area (TPSA) is 55.6 Å². The quantitative estimate of drug-likeness (QED) is 0.876. The second-order valence-corrected chi connectivity index (χ2v) is 5.04. The van der Waals surface area contributed by atoms with Crippen molar-refractivity contribution >= 4 is 5.91 Å². The molecule has 19 heavy (non-hydrogen) atoms. The first-order valence-corrected chi connectivity index (χ1v) is 6.83. The number of ether oxygens (including phenoxy) is 1. The zero-order chi connectivity index (χ0) is 13.7. The van der Waals surface area contributed by atoms with Crippen molar-refractivity contribution in [3.05, 3.63) is 35.9 Å². The van der Waals surface area contributed by atoms with Crippen LogP contribution in [0, 0.1) is 5.92 Å². The van der Waals surface area contributed by atoms with Gasteiger partial charge in [-0.3, -0.25) is 4.79 Å². The predicted molar refractivity (Wildman–Crippen MR) is 74.6 cm³/mol. The van der Waals surface area contributed by atoms with Gasteiger partial charge in [-0.25, -0.2) is 0 Å². The highest BCUT2D eigenvalue weighted by Gasteiger charge is 2.31. The van der Waals surface area contributed by atoms with Crippen LogP contribution in [0.4, 0.5) is 0 Å². The van der Waals surface area contributed by atoms with Gasteiger partial charge in [0.2, 0.25) is 0 Å². The van der Waals surface area contributed by atoms with Crippen molar-refractivity contribution in [3.8, 4) is 0 Å². The van der Waals surface area contributed by atoms with E-state index < -0.39 is 6.10 Å². The number of methoxy groups -OCH3 is 1. The maximum absolute atomic E-state index is 12.5. The van der Waals surface area contributed by atoms with E-state index >= 15 is 0 Å². The summed E-state index contributed by atoms with van der Waals surface area (Å²) in [6, 6.07) is 9.65.